The maximum atomic E-state index is 11.8. The molecule has 1 saturated heterocycles. The molecular formula is C17H24N4O2S. The summed E-state index contributed by atoms with van der Waals surface area (Å²) in [7, 11) is -3.14. The minimum atomic E-state index is -3.14. The summed E-state index contributed by atoms with van der Waals surface area (Å²) in [5, 5.41) is 4.36. The van der Waals surface area contributed by atoms with Crippen LogP contribution in [-0.2, 0) is 16.6 Å². The zero-order chi connectivity index (χ0) is 17.2. The van der Waals surface area contributed by atoms with E-state index in [0.29, 0.717) is 13.1 Å². The molecule has 0 amide bonds. The molecular weight excluding hydrogens is 324 g/mol. The number of hydrogen-bond acceptors (Lipinski definition) is 4. The maximum absolute atomic E-state index is 11.8. The van der Waals surface area contributed by atoms with Crippen LogP contribution in [0.1, 0.15) is 37.8 Å². The van der Waals surface area contributed by atoms with E-state index in [-0.39, 0.29) is 5.92 Å². The first-order chi connectivity index (χ1) is 11.5. The fraction of sp³-hybridized carbons (Fsp3) is 0.529. The summed E-state index contributed by atoms with van der Waals surface area (Å²) in [5.41, 5.74) is 2.87. The molecule has 3 rings (SSSR count). The monoisotopic (exact) mass is 348 g/mol. The lowest BCUT2D eigenvalue weighted by atomic mass is 9.95. The number of sulfonamides is 1. The van der Waals surface area contributed by atoms with E-state index in [4.69, 9.17) is 4.98 Å². The van der Waals surface area contributed by atoms with Crippen LogP contribution in [-0.4, -0.2) is 46.8 Å². The largest absolute Gasteiger partial charge is 0.263 e. The van der Waals surface area contributed by atoms with Gasteiger partial charge >= 0.3 is 0 Å². The van der Waals surface area contributed by atoms with Crippen LogP contribution in [0, 0.1) is 0 Å². The minimum Gasteiger partial charge on any atom is -0.263 e. The number of piperidine rings is 1. The van der Waals surface area contributed by atoms with E-state index in [1.807, 2.05) is 28.9 Å². The van der Waals surface area contributed by atoms with Gasteiger partial charge < -0.3 is 0 Å². The zero-order valence-electron chi connectivity index (χ0n) is 14.2. The Bertz CT molecular complexity index is 800. The summed E-state index contributed by atoms with van der Waals surface area (Å²) < 4.78 is 27.2. The van der Waals surface area contributed by atoms with E-state index in [1.165, 1.54) is 6.26 Å². The van der Waals surface area contributed by atoms with Crippen LogP contribution in [0.2, 0.25) is 0 Å². The number of nitrogens with zero attached hydrogens (tertiary/aromatic N) is 4. The Balaban J connectivity index is 1.86. The van der Waals surface area contributed by atoms with Crippen LogP contribution >= 0.6 is 0 Å². The molecule has 2 aromatic rings. The Labute approximate surface area is 143 Å². The van der Waals surface area contributed by atoms with Crippen molar-refractivity contribution in [2.45, 2.75) is 38.6 Å². The van der Waals surface area contributed by atoms with Crippen LogP contribution in [0.4, 0.5) is 0 Å². The van der Waals surface area contributed by atoms with Gasteiger partial charge in [0, 0.05) is 37.4 Å². The number of rotatable bonds is 5. The minimum absolute atomic E-state index is 0.149. The van der Waals surface area contributed by atoms with Crippen molar-refractivity contribution in [3.8, 4) is 11.4 Å². The zero-order valence-corrected chi connectivity index (χ0v) is 15.0. The first kappa shape index (κ1) is 17.1. The Hall–Kier alpha value is -1.73. The van der Waals surface area contributed by atoms with Gasteiger partial charge in [-0.3, -0.25) is 9.67 Å². The van der Waals surface area contributed by atoms with Gasteiger partial charge in [0.05, 0.1) is 17.6 Å². The van der Waals surface area contributed by atoms with Gasteiger partial charge in [-0.1, -0.05) is 13.0 Å². The van der Waals surface area contributed by atoms with Crippen LogP contribution in [0.15, 0.2) is 30.5 Å². The van der Waals surface area contributed by atoms with Crippen molar-refractivity contribution >= 4 is 10.0 Å². The Morgan fingerprint density at radius 2 is 2.12 bits per heavy atom. The molecule has 0 N–H and O–H groups in total. The maximum Gasteiger partial charge on any atom is 0.211 e. The molecule has 0 spiro atoms. The molecule has 0 aliphatic carbocycles. The lowest BCUT2D eigenvalue weighted by Gasteiger charge is -2.30. The van der Waals surface area contributed by atoms with Gasteiger partial charge in [0.15, 0.2) is 0 Å². The summed E-state index contributed by atoms with van der Waals surface area (Å²) in [6.07, 6.45) is 5.93. The second kappa shape index (κ2) is 7.03. The fourth-order valence-electron chi connectivity index (χ4n) is 3.25. The van der Waals surface area contributed by atoms with E-state index in [0.717, 1.165) is 42.9 Å². The molecule has 0 saturated carbocycles. The van der Waals surface area contributed by atoms with Crippen LogP contribution < -0.4 is 0 Å². The summed E-state index contributed by atoms with van der Waals surface area (Å²) in [6, 6.07) is 7.97. The van der Waals surface area contributed by atoms with Crippen molar-refractivity contribution in [3.63, 3.8) is 0 Å². The third-order valence-corrected chi connectivity index (χ3v) is 5.73. The van der Waals surface area contributed by atoms with Gasteiger partial charge in [-0.25, -0.2) is 12.7 Å². The highest BCUT2D eigenvalue weighted by Crippen LogP contribution is 2.28. The van der Waals surface area contributed by atoms with Crippen molar-refractivity contribution < 1.29 is 8.42 Å². The van der Waals surface area contributed by atoms with Crippen LogP contribution in [0.25, 0.3) is 11.4 Å². The SMILES string of the molecule is CCCn1nccc1-c1cccc([C@H]2CCCN(S(C)(=O)=O)C2)n1. The molecule has 1 fully saturated rings. The Morgan fingerprint density at radius 3 is 2.88 bits per heavy atom. The summed E-state index contributed by atoms with van der Waals surface area (Å²) in [4.78, 5) is 4.82. The molecule has 6 nitrogen and oxygen atoms in total. The Kier molecular flexibility index (Phi) is 5.01. The van der Waals surface area contributed by atoms with Crippen LogP contribution in [0.3, 0.4) is 0 Å². The Morgan fingerprint density at radius 1 is 1.29 bits per heavy atom. The molecule has 0 radical (unpaired) electrons. The molecule has 1 atom stereocenters. The van der Waals surface area contributed by atoms with E-state index in [1.54, 1.807) is 10.5 Å². The predicted octanol–water partition coefficient (Wildman–Crippen LogP) is 2.49. The molecule has 7 heteroatoms. The lowest BCUT2D eigenvalue weighted by Crippen LogP contribution is -2.38. The standard InChI is InChI=1S/C17H24N4O2S/c1-3-11-21-17(9-10-18-21)16-8-4-7-15(19-16)14-6-5-12-20(13-14)24(2,22)23/h4,7-10,14H,3,5-6,11-13H2,1-2H3/t14-/m0/s1. The topological polar surface area (TPSA) is 68.1 Å². The van der Waals surface area contributed by atoms with Gasteiger partial charge in [0.1, 0.15) is 0 Å². The second-order valence-corrected chi connectivity index (χ2v) is 8.33. The molecule has 2 aromatic heterocycles. The number of pyridine rings is 1. The molecule has 130 valence electrons. The molecule has 0 aromatic carbocycles. The molecule has 0 bridgehead atoms. The van der Waals surface area contributed by atoms with E-state index in [2.05, 4.69) is 12.0 Å². The molecule has 0 unspecified atom stereocenters. The highest BCUT2D eigenvalue weighted by molar-refractivity contribution is 7.88. The quantitative estimate of drug-likeness (QED) is 0.832. The highest BCUT2D eigenvalue weighted by atomic mass is 32.2. The first-order valence-electron chi connectivity index (χ1n) is 8.43. The van der Waals surface area contributed by atoms with Crippen molar-refractivity contribution in [1.29, 1.82) is 0 Å². The molecule has 3 heterocycles. The van der Waals surface area contributed by atoms with E-state index in [9.17, 15) is 8.42 Å². The molecule has 24 heavy (non-hydrogen) atoms. The van der Waals surface area contributed by atoms with E-state index >= 15 is 0 Å². The van der Waals surface area contributed by atoms with Gasteiger partial charge in [0.2, 0.25) is 10.0 Å². The highest BCUT2D eigenvalue weighted by Gasteiger charge is 2.27. The average molecular weight is 348 g/mol. The number of aryl methyl sites for hydroxylation is 1. The lowest BCUT2D eigenvalue weighted by molar-refractivity contribution is 0.314. The third kappa shape index (κ3) is 3.67. The summed E-state index contributed by atoms with van der Waals surface area (Å²) in [6.45, 7) is 4.11. The van der Waals surface area contributed by atoms with Crippen molar-refractivity contribution in [2.75, 3.05) is 19.3 Å². The summed E-state index contributed by atoms with van der Waals surface area (Å²) >= 11 is 0. The van der Waals surface area contributed by atoms with Gasteiger partial charge in [0.25, 0.3) is 0 Å². The smallest absolute Gasteiger partial charge is 0.211 e. The van der Waals surface area contributed by atoms with Gasteiger partial charge in [-0.05, 0) is 37.5 Å². The van der Waals surface area contributed by atoms with Crippen LogP contribution in [0.5, 0.6) is 0 Å². The summed E-state index contributed by atoms with van der Waals surface area (Å²) in [5.74, 6) is 0.149. The third-order valence-electron chi connectivity index (χ3n) is 4.46. The molecule has 1 aliphatic heterocycles. The van der Waals surface area contributed by atoms with Crippen molar-refractivity contribution in [1.82, 2.24) is 19.1 Å². The number of hydrogen-bond donors (Lipinski definition) is 0. The first-order valence-corrected chi connectivity index (χ1v) is 10.3. The average Bonchev–Trinajstić information content (AvgIpc) is 3.03. The van der Waals surface area contributed by atoms with Gasteiger partial charge in [-0.15, -0.1) is 0 Å². The molecule has 1 aliphatic rings. The second-order valence-electron chi connectivity index (χ2n) is 6.35. The number of aromatic nitrogens is 3. The van der Waals surface area contributed by atoms with Crippen molar-refractivity contribution in [3.05, 3.63) is 36.2 Å². The normalized spacial score (nSPS) is 19.5. The predicted molar refractivity (Wildman–Crippen MR) is 94.1 cm³/mol. The van der Waals surface area contributed by atoms with Crippen molar-refractivity contribution in [2.24, 2.45) is 0 Å². The van der Waals surface area contributed by atoms with E-state index < -0.39 is 10.0 Å². The fourth-order valence-corrected chi connectivity index (χ4v) is 4.16. The van der Waals surface area contributed by atoms with Gasteiger partial charge in [-0.2, -0.15) is 5.10 Å².